The van der Waals surface area contributed by atoms with Crippen LogP contribution in [0.25, 0.3) is 0 Å². The lowest BCUT2D eigenvalue weighted by Gasteiger charge is -2.12. The van der Waals surface area contributed by atoms with Gasteiger partial charge in [0.05, 0.1) is 6.54 Å². The third kappa shape index (κ3) is 4.88. The van der Waals surface area contributed by atoms with Gasteiger partial charge >= 0.3 is 6.03 Å². The van der Waals surface area contributed by atoms with Crippen LogP contribution in [0.4, 0.5) is 10.5 Å². The van der Waals surface area contributed by atoms with Crippen molar-refractivity contribution in [3.63, 3.8) is 0 Å². The van der Waals surface area contributed by atoms with Gasteiger partial charge in [-0.25, -0.2) is 4.79 Å². The van der Waals surface area contributed by atoms with Crippen molar-refractivity contribution in [1.29, 1.82) is 0 Å². The molecule has 2 N–H and O–H groups in total. The second-order valence-corrected chi connectivity index (χ2v) is 6.37. The lowest BCUT2D eigenvalue weighted by molar-refractivity contribution is 0.251. The Hall–Kier alpha value is -2.72. The van der Waals surface area contributed by atoms with Crippen molar-refractivity contribution >= 4 is 23.3 Å². The van der Waals surface area contributed by atoms with E-state index in [-0.39, 0.29) is 6.03 Å². The van der Waals surface area contributed by atoms with Crippen LogP contribution in [0.2, 0.25) is 5.02 Å². The van der Waals surface area contributed by atoms with Gasteiger partial charge in [0, 0.05) is 29.1 Å². The molecule has 0 radical (unpaired) electrons. The Morgan fingerprint density at radius 1 is 1.08 bits per heavy atom. The van der Waals surface area contributed by atoms with Crippen LogP contribution in [-0.4, -0.2) is 10.6 Å². The van der Waals surface area contributed by atoms with Crippen molar-refractivity contribution in [2.45, 2.75) is 20.0 Å². The van der Waals surface area contributed by atoms with Gasteiger partial charge in [0.1, 0.15) is 0 Å². The molecule has 0 fully saturated rings. The summed E-state index contributed by atoms with van der Waals surface area (Å²) in [6.07, 6.45) is 2.02. The maximum absolute atomic E-state index is 12.1. The van der Waals surface area contributed by atoms with Crippen LogP contribution in [0.1, 0.15) is 16.8 Å². The van der Waals surface area contributed by atoms with Crippen molar-refractivity contribution in [3.05, 3.63) is 88.7 Å². The smallest absolute Gasteiger partial charge is 0.319 e. The molecule has 3 aromatic rings. The van der Waals surface area contributed by atoms with Gasteiger partial charge in [0.2, 0.25) is 0 Å². The van der Waals surface area contributed by atoms with Gasteiger partial charge < -0.3 is 15.2 Å². The molecule has 0 bridgehead atoms. The fourth-order valence-corrected chi connectivity index (χ4v) is 2.87. The van der Waals surface area contributed by atoms with Gasteiger partial charge in [-0.2, -0.15) is 0 Å². The molecule has 0 spiro atoms. The van der Waals surface area contributed by atoms with Crippen molar-refractivity contribution in [1.82, 2.24) is 9.88 Å². The Labute approximate surface area is 152 Å². The SMILES string of the molecule is Cc1cccc(Cn2cccc2CNC(=O)Nc2cccc(Cl)c2)c1. The first-order chi connectivity index (χ1) is 12.1. The minimum absolute atomic E-state index is 0.259. The van der Waals surface area contributed by atoms with Crippen LogP contribution in [0, 0.1) is 6.92 Å². The highest BCUT2D eigenvalue weighted by Crippen LogP contribution is 2.15. The minimum atomic E-state index is -0.259. The number of hydrogen-bond acceptors (Lipinski definition) is 1. The Morgan fingerprint density at radius 2 is 1.92 bits per heavy atom. The summed E-state index contributed by atoms with van der Waals surface area (Å²) in [6.45, 7) is 3.31. The number of nitrogens with one attached hydrogen (secondary N) is 2. The van der Waals surface area contributed by atoms with E-state index in [1.807, 2.05) is 18.3 Å². The average Bonchev–Trinajstić information content (AvgIpc) is 3.00. The Kier molecular flexibility index (Phi) is 5.41. The third-order valence-corrected chi connectivity index (χ3v) is 4.11. The summed E-state index contributed by atoms with van der Waals surface area (Å²) >= 11 is 5.92. The molecule has 1 heterocycles. The minimum Gasteiger partial charge on any atom is -0.345 e. The summed E-state index contributed by atoms with van der Waals surface area (Å²) in [4.78, 5) is 12.1. The number of carbonyl (C=O) groups is 1. The number of rotatable bonds is 5. The highest BCUT2D eigenvalue weighted by Gasteiger charge is 2.06. The van der Waals surface area contributed by atoms with E-state index in [1.165, 1.54) is 11.1 Å². The molecule has 2 amide bonds. The van der Waals surface area contributed by atoms with Gasteiger partial charge in [-0.05, 0) is 42.8 Å². The number of benzene rings is 2. The number of urea groups is 1. The van der Waals surface area contributed by atoms with Crippen LogP contribution in [0.15, 0.2) is 66.9 Å². The van der Waals surface area contributed by atoms with Crippen LogP contribution < -0.4 is 10.6 Å². The van der Waals surface area contributed by atoms with Crippen LogP contribution in [0.5, 0.6) is 0 Å². The number of carbonyl (C=O) groups excluding carboxylic acids is 1. The standard InChI is InChI=1S/C20H20ClN3O/c1-15-5-2-6-16(11-15)14-24-10-4-9-19(24)13-22-20(25)23-18-8-3-7-17(21)12-18/h2-12H,13-14H2,1H3,(H2,22,23,25). The third-order valence-electron chi connectivity index (χ3n) is 3.87. The number of halogens is 1. The first-order valence-electron chi connectivity index (χ1n) is 8.10. The van der Waals surface area contributed by atoms with Crippen LogP contribution >= 0.6 is 11.6 Å². The predicted octanol–water partition coefficient (Wildman–Crippen LogP) is 4.82. The quantitative estimate of drug-likeness (QED) is 0.678. The number of aryl methyl sites for hydroxylation is 1. The second kappa shape index (κ2) is 7.90. The molecule has 0 saturated heterocycles. The number of nitrogens with zero attached hydrogens (tertiary/aromatic N) is 1. The molecule has 128 valence electrons. The summed E-state index contributed by atoms with van der Waals surface area (Å²) in [7, 11) is 0. The molecule has 0 saturated carbocycles. The van der Waals surface area contributed by atoms with E-state index >= 15 is 0 Å². The topological polar surface area (TPSA) is 46.1 Å². The first-order valence-corrected chi connectivity index (χ1v) is 8.48. The van der Waals surface area contributed by atoms with E-state index < -0.39 is 0 Å². The van der Waals surface area contributed by atoms with E-state index in [0.29, 0.717) is 17.3 Å². The van der Waals surface area contributed by atoms with Gasteiger partial charge in [-0.1, -0.05) is 47.5 Å². The zero-order chi connectivity index (χ0) is 17.6. The summed E-state index contributed by atoms with van der Waals surface area (Å²) in [5.41, 5.74) is 4.19. The highest BCUT2D eigenvalue weighted by molar-refractivity contribution is 6.30. The number of aromatic nitrogens is 1. The molecular weight excluding hydrogens is 334 g/mol. The zero-order valence-corrected chi connectivity index (χ0v) is 14.8. The number of anilines is 1. The first kappa shape index (κ1) is 17.1. The predicted molar refractivity (Wildman–Crippen MR) is 102 cm³/mol. The maximum Gasteiger partial charge on any atom is 0.319 e. The normalized spacial score (nSPS) is 10.5. The average molecular weight is 354 g/mol. The van der Waals surface area contributed by atoms with Gasteiger partial charge in [0.15, 0.2) is 0 Å². The number of hydrogen-bond donors (Lipinski definition) is 2. The van der Waals surface area contributed by atoms with E-state index in [2.05, 4.69) is 46.4 Å². The highest BCUT2D eigenvalue weighted by atomic mass is 35.5. The van der Waals surface area contributed by atoms with Crippen LogP contribution in [-0.2, 0) is 13.1 Å². The van der Waals surface area contributed by atoms with Gasteiger partial charge in [0.25, 0.3) is 0 Å². The maximum atomic E-state index is 12.1. The Bertz CT molecular complexity index is 873. The molecule has 5 heteroatoms. The fraction of sp³-hybridized carbons (Fsp3) is 0.150. The summed E-state index contributed by atoms with van der Waals surface area (Å²) < 4.78 is 2.13. The van der Waals surface area contributed by atoms with Gasteiger partial charge in [-0.3, -0.25) is 0 Å². The monoisotopic (exact) mass is 353 g/mol. The van der Waals surface area contributed by atoms with Crippen LogP contribution in [0.3, 0.4) is 0 Å². The number of amides is 2. The van der Waals surface area contributed by atoms with Crippen molar-refractivity contribution in [2.75, 3.05) is 5.32 Å². The van der Waals surface area contributed by atoms with E-state index in [0.717, 1.165) is 12.2 Å². The molecular formula is C20H20ClN3O. The molecule has 0 unspecified atom stereocenters. The summed E-state index contributed by atoms with van der Waals surface area (Å²) in [6, 6.07) is 19.2. The fourth-order valence-electron chi connectivity index (χ4n) is 2.68. The molecule has 1 aromatic heterocycles. The lowest BCUT2D eigenvalue weighted by Crippen LogP contribution is -2.29. The largest absolute Gasteiger partial charge is 0.345 e. The zero-order valence-electron chi connectivity index (χ0n) is 14.0. The summed E-state index contributed by atoms with van der Waals surface area (Å²) in [5.74, 6) is 0. The summed E-state index contributed by atoms with van der Waals surface area (Å²) in [5, 5.41) is 6.24. The molecule has 0 aliphatic carbocycles. The van der Waals surface area contributed by atoms with E-state index in [4.69, 9.17) is 11.6 Å². The molecule has 3 rings (SSSR count). The van der Waals surface area contributed by atoms with Gasteiger partial charge in [-0.15, -0.1) is 0 Å². The van der Waals surface area contributed by atoms with Crippen molar-refractivity contribution in [2.24, 2.45) is 0 Å². The molecule has 0 aliphatic rings. The molecule has 0 aliphatic heterocycles. The Morgan fingerprint density at radius 3 is 2.72 bits per heavy atom. The lowest BCUT2D eigenvalue weighted by atomic mass is 10.1. The molecule has 0 atom stereocenters. The molecule has 25 heavy (non-hydrogen) atoms. The second-order valence-electron chi connectivity index (χ2n) is 5.93. The molecule has 2 aromatic carbocycles. The van der Waals surface area contributed by atoms with Crippen molar-refractivity contribution in [3.8, 4) is 0 Å². The van der Waals surface area contributed by atoms with Crippen molar-refractivity contribution < 1.29 is 4.79 Å². The molecule has 4 nitrogen and oxygen atoms in total. The van der Waals surface area contributed by atoms with E-state index in [1.54, 1.807) is 24.3 Å². The Balaban J connectivity index is 1.58. The van der Waals surface area contributed by atoms with E-state index in [9.17, 15) is 4.79 Å².